The van der Waals surface area contributed by atoms with Crippen LogP contribution in [0.15, 0.2) is 91.3 Å². The Morgan fingerprint density at radius 1 is 0.806 bits per heavy atom. The van der Waals surface area contributed by atoms with Crippen molar-refractivity contribution in [3.8, 4) is 16.8 Å². The molecule has 0 atom stereocenters. The second-order valence-corrected chi connectivity index (χ2v) is 6.68. The number of benzene rings is 3. The minimum atomic E-state index is -4.58. The first-order valence-electron chi connectivity index (χ1n) is 9.35. The molecule has 0 bridgehead atoms. The number of hydrogen-bond donors (Lipinski definition) is 2. The molecule has 0 unspecified atom stereocenters. The highest BCUT2D eigenvalue weighted by Gasteiger charge is 2.33. The van der Waals surface area contributed by atoms with Gasteiger partial charge in [-0.05, 0) is 30.3 Å². The van der Waals surface area contributed by atoms with Gasteiger partial charge in [-0.2, -0.15) is 18.3 Å². The van der Waals surface area contributed by atoms with E-state index in [2.05, 4.69) is 15.7 Å². The van der Waals surface area contributed by atoms with Crippen LogP contribution < -0.4 is 10.6 Å². The summed E-state index contributed by atoms with van der Waals surface area (Å²) in [5.41, 5.74) is 1.52. The zero-order chi connectivity index (χ0) is 21.8. The fraction of sp³-hybridized carbons (Fsp3) is 0.0435. The van der Waals surface area contributed by atoms with E-state index < -0.39 is 17.8 Å². The van der Waals surface area contributed by atoms with E-state index in [1.165, 1.54) is 18.2 Å². The van der Waals surface area contributed by atoms with Gasteiger partial charge in [-0.3, -0.25) is 0 Å². The van der Waals surface area contributed by atoms with Gasteiger partial charge in [0.05, 0.1) is 28.8 Å². The Bertz CT molecular complexity index is 1200. The molecule has 4 aromatic rings. The molecule has 5 nitrogen and oxygen atoms in total. The molecule has 0 aliphatic carbocycles. The van der Waals surface area contributed by atoms with Crippen molar-refractivity contribution in [1.29, 1.82) is 0 Å². The fourth-order valence-corrected chi connectivity index (χ4v) is 3.14. The first-order chi connectivity index (χ1) is 14.9. The molecule has 8 heteroatoms. The van der Waals surface area contributed by atoms with Crippen LogP contribution in [0.5, 0.6) is 0 Å². The van der Waals surface area contributed by atoms with Crippen molar-refractivity contribution in [2.24, 2.45) is 0 Å². The maximum absolute atomic E-state index is 13.2. The van der Waals surface area contributed by atoms with E-state index >= 15 is 0 Å². The number of carbonyl (C=O) groups excluding carboxylic acids is 1. The molecule has 0 fully saturated rings. The van der Waals surface area contributed by atoms with Crippen molar-refractivity contribution in [2.45, 2.75) is 6.18 Å². The topological polar surface area (TPSA) is 59.0 Å². The molecule has 0 saturated heterocycles. The van der Waals surface area contributed by atoms with Crippen LogP contribution in [0, 0.1) is 0 Å². The summed E-state index contributed by atoms with van der Waals surface area (Å²) in [7, 11) is 0. The van der Waals surface area contributed by atoms with Crippen LogP contribution in [-0.4, -0.2) is 15.8 Å². The standard InChI is InChI=1S/C23H17F3N4O/c24-23(25,26)19-11-5-7-13-21(19)29-22(31)28-20-12-6-4-10-18(20)16-14-27-30(15-16)17-8-2-1-3-9-17/h1-15H,(H2,28,29,31). The normalized spacial score (nSPS) is 11.2. The number of carbonyl (C=O) groups is 1. The lowest BCUT2D eigenvalue weighted by Gasteiger charge is -2.15. The molecule has 4 rings (SSSR count). The monoisotopic (exact) mass is 422 g/mol. The van der Waals surface area contributed by atoms with E-state index in [1.807, 2.05) is 36.5 Å². The number of alkyl halides is 3. The number of urea groups is 1. The van der Waals surface area contributed by atoms with Crippen molar-refractivity contribution in [3.05, 3.63) is 96.8 Å². The Morgan fingerprint density at radius 2 is 1.42 bits per heavy atom. The van der Waals surface area contributed by atoms with Gasteiger partial charge in [0.25, 0.3) is 0 Å². The fourth-order valence-electron chi connectivity index (χ4n) is 3.14. The number of rotatable bonds is 4. The number of hydrogen-bond acceptors (Lipinski definition) is 2. The number of nitrogens with zero attached hydrogens (tertiary/aromatic N) is 2. The lowest BCUT2D eigenvalue weighted by atomic mass is 10.1. The third-order valence-corrected chi connectivity index (χ3v) is 4.57. The molecule has 2 amide bonds. The first kappa shape index (κ1) is 20.2. The molecule has 0 radical (unpaired) electrons. The zero-order valence-electron chi connectivity index (χ0n) is 16.1. The largest absolute Gasteiger partial charge is 0.418 e. The SMILES string of the molecule is O=C(Nc1ccccc1-c1cnn(-c2ccccc2)c1)Nc1ccccc1C(F)(F)F. The van der Waals surface area contributed by atoms with Gasteiger partial charge in [0.15, 0.2) is 0 Å². The van der Waals surface area contributed by atoms with Crippen LogP contribution in [0.2, 0.25) is 0 Å². The minimum absolute atomic E-state index is 0.318. The Kier molecular flexibility index (Phi) is 5.44. The van der Waals surface area contributed by atoms with Gasteiger partial charge in [0.1, 0.15) is 0 Å². The van der Waals surface area contributed by atoms with Crippen LogP contribution in [0.3, 0.4) is 0 Å². The second-order valence-electron chi connectivity index (χ2n) is 6.68. The average Bonchev–Trinajstić information content (AvgIpc) is 3.24. The smallest absolute Gasteiger partial charge is 0.307 e. The molecule has 0 aliphatic heterocycles. The van der Waals surface area contributed by atoms with Gasteiger partial charge >= 0.3 is 12.2 Å². The quantitative estimate of drug-likeness (QED) is 0.411. The molecule has 0 spiro atoms. The molecule has 0 aliphatic rings. The molecular weight excluding hydrogens is 405 g/mol. The van der Waals surface area contributed by atoms with Crippen molar-refractivity contribution >= 4 is 17.4 Å². The maximum Gasteiger partial charge on any atom is 0.418 e. The van der Waals surface area contributed by atoms with Gasteiger partial charge in [-0.15, -0.1) is 0 Å². The highest BCUT2D eigenvalue weighted by Crippen LogP contribution is 2.35. The van der Waals surface area contributed by atoms with E-state index in [0.717, 1.165) is 17.3 Å². The average molecular weight is 422 g/mol. The third kappa shape index (κ3) is 4.58. The number of amides is 2. The molecule has 2 N–H and O–H groups in total. The van der Waals surface area contributed by atoms with Crippen molar-refractivity contribution in [1.82, 2.24) is 9.78 Å². The summed E-state index contributed by atoms with van der Waals surface area (Å²) in [6.45, 7) is 0. The van der Waals surface area contributed by atoms with Crippen LogP contribution in [0.1, 0.15) is 5.56 Å². The number of para-hydroxylation sites is 3. The predicted molar refractivity (Wildman–Crippen MR) is 113 cm³/mol. The van der Waals surface area contributed by atoms with Crippen LogP contribution in [-0.2, 0) is 6.18 Å². The van der Waals surface area contributed by atoms with E-state index in [1.54, 1.807) is 35.1 Å². The summed E-state index contributed by atoms with van der Waals surface area (Å²) in [6.07, 6.45) is -1.11. The zero-order valence-corrected chi connectivity index (χ0v) is 16.1. The summed E-state index contributed by atoms with van der Waals surface area (Å²) in [5.74, 6) is 0. The maximum atomic E-state index is 13.2. The highest BCUT2D eigenvalue weighted by atomic mass is 19.4. The van der Waals surface area contributed by atoms with Crippen LogP contribution in [0.4, 0.5) is 29.3 Å². The second kappa shape index (κ2) is 8.35. The van der Waals surface area contributed by atoms with E-state index in [-0.39, 0.29) is 5.69 Å². The number of halogens is 3. The molecule has 31 heavy (non-hydrogen) atoms. The summed E-state index contributed by atoms with van der Waals surface area (Å²) in [6, 6.07) is 20.6. The molecule has 1 heterocycles. The Labute approximate surface area is 176 Å². The number of anilines is 2. The predicted octanol–water partition coefficient (Wildman–Crippen LogP) is 6.20. The molecule has 3 aromatic carbocycles. The number of nitrogens with one attached hydrogen (secondary N) is 2. The van der Waals surface area contributed by atoms with Gasteiger partial charge in [0, 0.05) is 17.3 Å². The molecule has 156 valence electrons. The van der Waals surface area contributed by atoms with E-state index in [9.17, 15) is 18.0 Å². The lowest BCUT2D eigenvalue weighted by molar-refractivity contribution is -0.136. The first-order valence-corrected chi connectivity index (χ1v) is 9.35. The summed E-state index contributed by atoms with van der Waals surface area (Å²) in [4.78, 5) is 12.5. The molecule has 1 aromatic heterocycles. The van der Waals surface area contributed by atoms with Crippen molar-refractivity contribution in [2.75, 3.05) is 10.6 Å². The van der Waals surface area contributed by atoms with Gasteiger partial charge < -0.3 is 10.6 Å². The van der Waals surface area contributed by atoms with Crippen LogP contribution >= 0.6 is 0 Å². The van der Waals surface area contributed by atoms with Gasteiger partial charge in [0.2, 0.25) is 0 Å². The summed E-state index contributed by atoms with van der Waals surface area (Å²) in [5, 5.41) is 9.27. The summed E-state index contributed by atoms with van der Waals surface area (Å²) < 4.78 is 41.2. The van der Waals surface area contributed by atoms with E-state index in [0.29, 0.717) is 11.3 Å². The summed E-state index contributed by atoms with van der Waals surface area (Å²) >= 11 is 0. The van der Waals surface area contributed by atoms with Gasteiger partial charge in [-0.1, -0.05) is 48.5 Å². The Balaban J connectivity index is 1.57. The van der Waals surface area contributed by atoms with Crippen molar-refractivity contribution < 1.29 is 18.0 Å². The Morgan fingerprint density at radius 3 is 2.16 bits per heavy atom. The molecular formula is C23H17F3N4O. The van der Waals surface area contributed by atoms with Gasteiger partial charge in [-0.25, -0.2) is 9.48 Å². The highest BCUT2D eigenvalue weighted by molar-refractivity contribution is 6.02. The minimum Gasteiger partial charge on any atom is -0.307 e. The van der Waals surface area contributed by atoms with Crippen molar-refractivity contribution in [3.63, 3.8) is 0 Å². The van der Waals surface area contributed by atoms with Crippen LogP contribution in [0.25, 0.3) is 16.8 Å². The lowest BCUT2D eigenvalue weighted by Crippen LogP contribution is -2.22. The Hall–Kier alpha value is -4.07. The molecule has 0 saturated carbocycles. The number of aromatic nitrogens is 2. The van der Waals surface area contributed by atoms with E-state index in [4.69, 9.17) is 0 Å². The third-order valence-electron chi connectivity index (χ3n) is 4.57.